The minimum Gasteiger partial charge on any atom is -0.0620 e. The quantitative estimate of drug-likeness (QED) is 0.154. The molecule has 0 N–H and O–H groups in total. The monoisotopic (exact) mass is 1010 g/mol. The second-order valence-corrected chi connectivity index (χ2v) is 24.0. The van der Waals surface area contributed by atoms with E-state index in [1.165, 1.54) is 176 Å². The molecule has 0 saturated heterocycles. The largest absolute Gasteiger partial charge is 0.0620 e. The molecule has 15 aromatic rings. The summed E-state index contributed by atoms with van der Waals surface area (Å²) in [6.45, 7) is 0. The number of hydrogen-bond acceptors (Lipinski definition) is 0. The van der Waals surface area contributed by atoms with Gasteiger partial charge in [-0.2, -0.15) is 0 Å². The first-order valence-corrected chi connectivity index (χ1v) is 28.7. The summed E-state index contributed by atoms with van der Waals surface area (Å²) in [5.41, 5.74) is 27.1. The van der Waals surface area contributed by atoms with Crippen LogP contribution in [0.3, 0.4) is 0 Å². The van der Waals surface area contributed by atoms with E-state index in [9.17, 15) is 0 Å². The van der Waals surface area contributed by atoms with Gasteiger partial charge in [0.1, 0.15) is 0 Å². The van der Waals surface area contributed by atoms with Crippen LogP contribution in [0.4, 0.5) is 0 Å². The molecule has 4 aliphatic carbocycles. The zero-order chi connectivity index (χ0) is 52.0. The van der Waals surface area contributed by atoms with Crippen molar-refractivity contribution in [2.45, 2.75) is 36.5 Å². The SMILES string of the molecule is c1cc(-c2ccc3c(c2)C2(Cc4ccccc4C2)c2cc(-c4ccc5ccc6cccc7ccc4c5c67)ccc2-3)cc(-c2ccc3c(c2)C2(Cc4ccccc4C2)c2cc(-c4ccc5ccc6cccc7ccc4c5c67)ccc2-3)c1. The zero-order valence-corrected chi connectivity index (χ0v) is 44.1. The van der Waals surface area contributed by atoms with Crippen LogP contribution in [-0.4, -0.2) is 0 Å². The lowest BCUT2D eigenvalue weighted by Crippen LogP contribution is -2.26. The first-order chi connectivity index (χ1) is 39.5. The van der Waals surface area contributed by atoms with Gasteiger partial charge in [-0.15, -0.1) is 0 Å². The molecule has 0 amide bonds. The fourth-order valence-corrected chi connectivity index (χ4v) is 16.5. The minimum atomic E-state index is -0.163. The van der Waals surface area contributed by atoms with E-state index in [1.807, 2.05) is 0 Å². The van der Waals surface area contributed by atoms with Gasteiger partial charge in [0.05, 0.1) is 0 Å². The van der Waals surface area contributed by atoms with E-state index in [1.54, 1.807) is 0 Å². The van der Waals surface area contributed by atoms with Gasteiger partial charge >= 0.3 is 0 Å². The third-order valence-corrected chi connectivity index (χ3v) is 20.1. The van der Waals surface area contributed by atoms with E-state index in [0.29, 0.717) is 0 Å². The Hall–Kier alpha value is -9.62. The van der Waals surface area contributed by atoms with Crippen molar-refractivity contribution in [2.24, 2.45) is 0 Å². The van der Waals surface area contributed by atoms with Crippen LogP contribution in [-0.2, 0) is 36.5 Å². The molecule has 0 nitrogen and oxygen atoms in total. The molecule has 80 heavy (non-hydrogen) atoms. The Balaban J connectivity index is 0.716. The Bertz CT molecular complexity index is 4800. The van der Waals surface area contributed by atoms with Gasteiger partial charge in [-0.3, -0.25) is 0 Å². The first-order valence-electron chi connectivity index (χ1n) is 28.7. The van der Waals surface area contributed by atoms with E-state index < -0.39 is 0 Å². The lowest BCUT2D eigenvalue weighted by Gasteiger charge is -2.28. The lowest BCUT2D eigenvalue weighted by atomic mass is 9.74. The van der Waals surface area contributed by atoms with Crippen LogP contribution in [0.25, 0.3) is 131 Å². The van der Waals surface area contributed by atoms with Crippen molar-refractivity contribution >= 4 is 64.6 Å². The second kappa shape index (κ2) is 15.6. The summed E-state index contributed by atoms with van der Waals surface area (Å²) in [5.74, 6) is 0. The van der Waals surface area contributed by atoms with Crippen LogP contribution < -0.4 is 0 Å². The van der Waals surface area contributed by atoms with Crippen molar-refractivity contribution < 1.29 is 0 Å². The van der Waals surface area contributed by atoms with Crippen LogP contribution in [0.5, 0.6) is 0 Å². The maximum atomic E-state index is 2.57. The Labute approximate surface area is 464 Å². The summed E-state index contributed by atoms with van der Waals surface area (Å²) in [4.78, 5) is 0. The normalized spacial score (nSPS) is 15.0. The molecule has 0 bridgehead atoms. The Morgan fingerprint density at radius 3 is 0.875 bits per heavy atom. The summed E-state index contributed by atoms with van der Waals surface area (Å²) >= 11 is 0. The van der Waals surface area contributed by atoms with Crippen LogP contribution in [0.1, 0.15) is 44.5 Å². The zero-order valence-electron chi connectivity index (χ0n) is 44.1. The highest BCUT2D eigenvalue weighted by Crippen LogP contribution is 2.59. The second-order valence-electron chi connectivity index (χ2n) is 24.0. The molecular formula is C80H50. The molecule has 0 heterocycles. The Kier molecular flexibility index (Phi) is 8.44. The third kappa shape index (κ3) is 5.75. The Morgan fingerprint density at radius 2 is 0.487 bits per heavy atom. The average Bonchev–Trinajstić information content (AvgIpc) is 4.14. The van der Waals surface area contributed by atoms with Crippen LogP contribution in [0.15, 0.2) is 255 Å². The van der Waals surface area contributed by atoms with Crippen LogP contribution >= 0.6 is 0 Å². The van der Waals surface area contributed by atoms with Gasteiger partial charge in [-0.05, 0) is 232 Å². The van der Waals surface area contributed by atoms with E-state index in [4.69, 9.17) is 0 Å². The van der Waals surface area contributed by atoms with Crippen LogP contribution in [0, 0.1) is 0 Å². The fourth-order valence-electron chi connectivity index (χ4n) is 16.5. The lowest BCUT2D eigenvalue weighted by molar-refractivity contribution is 0.564. The molecule has 15 aromatic carbocycles. The summed E-state index contributed by atoms with van der Waals surface area (Å²) in [6, 6.07) is 98.7. The van der Waals surface area contributed by atoms with E-state index in [0.717, 1.165) is 25.7 Å². The van der Waals surface area contributed by atoms with Gasteiger partial charge in [0.15, 0.2) is 0 Å². The van der Waals surface area contributed by atoms with E-state index in [2.05, 4.69) is 255 Å². The molecule has 0 radical (unpaired) electrons. The van der Waals surface area contributed by atoms with Gasteiger partial charge in [-0.1, -0.05) is 224 Å². The molecule has 4 aliphatic rings. The fraction of sp³-hybridized carbons (Fsp3) is 0.0750. The van der Waals surface area contributed by atoms with Gasteiger partial charge < -0.3 is 0 Å². The predicted octanol–water partition coefficient (Wildman–Crippen LogP) is 20.3. The van der Waals surface area contributed by atoms with Crippen molar-refractivity contribution in [3.8, 4) is 66.8 Å². The number of benzene rings is 15. The maximum Gasteiger partial charge on any atom is 0.0296 e. The van der Waals surface area contributed by atoms with Crippen molar-refractivity contribution in [3.63, 3.8) is 0 Å². The average molecular weight is 1010 g/mol. The van der Waals surface area contributed by atoms with E-state index in [-0.39, 0.29) is 10.8 Å². The highest BCUT2D eigenvalue weighted by molar-refractivity contribution is 6.27. The summed E-state index contributed by atoms with van der Waals surface area (Å²) in [7, 11) is 0. The molecule has 2 spiro atoms. The summed E-state index contributed by atoms with van der Waals surface area (Å²) in [6.07, 6.45) is 3.99. The van der Waals surface area contributed by atoms with Gasteiger partial charge in [0, 0.05) is 10.8 Å². The van der Waals surface area contributed by atoms with Crippen LogP contribution in [0.2, 0.25) is 0 Å². The molecule has 0 fully saturated rings. The van der Waals surface area contributed by atoms with E-state index >= 15 is 0 Å². The topological polar surface area (TPSA) is 0 Å². The third-order valence-electron chi connectivity index (χ3n) is 20.1. The van der Waals surface area contributed by atoms with Gasteiger partial charge in [0.2, 0.25) is 0 Å². The predicted molar refractivity (Wildman–Crippen MR) is 336 cm³/mol. The molecule has 0 aromatic heterocycles. The summed E-state index contributed by atoms with van der Waals surface area (Å²) in [5, 5.41) is 16.0. The molecule has 0 unspecified atom stereocenters. The number of fused-ring (bicyclic) bond motifs is 12. The molecule has 0 heteroatoms. The number of hydrogen-bond donors (Lipinski definition) is 0. The maximum absolute atomic E-state index is 2.57. The molecule has 0 atom stereocenters. The Morgan fingerprint density at radius 1 is 0.200 bits per heavy atom. The minimum absolute atomic E-state index is 0.163. The molecule has 370 valence electrons. The van der Waals surface area contributed by atoms with Crippen molar-refractivity contribution in [3.05, 3.63) is 299 Å². The smallest absolute Gasteiger partial charge is 0.0296 e. The molecule has 0 saturated carbocycles. The van der Waals surface area contributed by atoms with Crippen molar-refractivity contribution in [2.75, 3.05) is 0 Å². The summed E-state index contributed by atoms with van der Waals surface area (Å²) < 4.78 is 0. The number of rotatable bonds is 4. The standard InChI is InChI=1S/C80H50/c1-2-9-60-44-79(43-59(60)8-1)71-39-55(26-32-65(71)67-34-28-57(41-73(67)79)63-30-22-51-20-18-47-12-5-14-49-24-36-69(63)77(51)75(47)49)53-16-7-17-54(38-53)56-27-33-66-68-35-29-58(42-74(68)80(72(66)40-56)45-61-10-3-4-11-62(61)46-80)64-31-23-52-21-19-48-13-6-15-50-25-37-70(64)78(52)76(48)50/h1-42H,43-46H2. The van der Waals surface area contributed by atoms with Gasteiger partial charge in [-0.25, -0.2) is 0 Å². The molecular weight excluding hydrogens is 961 g/mol. The van der Waals surface area contributed by atoms with Gasteiger partial charge in [0.25, 0.3) is 0 Å². The molecule has 19 rings (SSSR count). The van der Waals surface area contributed by atoms with Crippen molar-refractivity contribution in [1.29, 1.82) is 0 Å². The molecule has 0 aliphatic heterocycles. The highest BCUT2D eigenvalue weighted by atomic mass is 14.5. The highest BCUT2D eigenvalue weighted by Gasteiger charge is 2.49. The first kappa shape index (κ1) is 43.4. The van der Waals surface area contributed by atoms with Crippen molar-refractivity contribution in [1.82, 2.24) is 0 Å².